The summed E-state index contributed by atoms with van der Waals surface area (Å²) >= 11 is 0. The van der Waals surface area contributed by atoms with Crippen molar-refractivity contribution in [3.8, 4) is 0 Å². The summed E-state index contributed by atoms with van der Waals surface area (Å²) in [5.41, 5.74) is 1.84. The van der Waals surface area contributed by atoms with Crippen LogP contribution in [0.1, 0.15) is 12.0 Å². The Balaban J connectivity index is 1.68. The van der Waals surface area contributed by atoms with E-state index in [1.54, 1.807) is 11.0 Å². The van der Waals surface area contributed by atoms with Crippen LogP contribution >= 0.6 is 0 Å². The molecule has 3 rings (SSSR count). The van der Waals surface area contributed by atoms with Crippen molar-refractivity contribution in [1.82, 2.24) is 24.6 Å². The summed E-state index contributed by atoms with van der Waals surface area (Å²) in [7, 11) is 2.09. The number of para-hydroxylation sites is 1. The number of carbonyl (C=O) groups is 1. The van der Waals surface area contributed by atoms with E-state index in [1.807, 2.05) is 29.2 Å². The number of rotatable bonds is 3. The molecule has 0 radical (unpaired) electrons. The highest BCUT2D eigenvalue weighted by molar-refractivity contribution is 5.90. The predicted octanol–water partition coefficient (Wildman–Crippen LogP) is 1.50. The van der Waals surface area contributed by atoms with Gasteiger partial charge in [0.05, 0.1) is 6.54 Å². The van der Waals surface area contributed by atoms with Gasteiger partial charge in [0.15, 0.2) is 0 Å². The monoisotopic (exact) mass is 314 g/mol. The fourth-order valence-corrected chi connectivity index (χ4v) is 2.71. The van der Waals surface area contributed by atoms with Crippen molar-refractivity contribution in [1.29, 1.82) is 0 Å². The number of likely N-dealkylation sites (N-methyl/N-ethyl adjacent to an activating group) is 1. The molecule has 2 heterocycles. The van der Waals surface area contributed by atoms with Crippen LogP contribution in [0.4, 0.5) is 10.5 Å². The Labute approximate surface area is 135 Å². The van der Waals surface area contributed by atoms with E-state index < -0.39 is 0 Å². The molecule has 0 saturated carbocycles. The molecule has 0 atom stereocenters. The lowest BCUT2D eigenvalue weighted by molar-refractivity contribution is 0.213. The first-order valence-corrected chi connectivity index (χ1v) is 7.87. The summed E-state index contributed by atoms with van der Waals surface area (Å²) in [5, 5.41) is 7.16. The smallest absolute Gasteiger partial charge is 0.321 e. The van der Waals surface area contributed by atoms with Crippen LogP contribution in [0.25, 0.3) is 0 Å². The Hall–Kier alpha value is -2.41. The van der Waals surface area contributed by atoms with Gasteiger partial charge in [-0.2, -0.15) is 5.10 Å². The fourth-order valence-electron chi connectivity index (χ4n) is 2.71. The number of anilines is 1. The quantitative estimate of drug-likeness (QED) is 0.932. The van der Waals surface area contributed by atoms with Crippen LogP contribution < -0.4 is 5.32 Å². The lowest BCUT2D eigenvalue weighted by Crippen LogP contribution is -2.37. The molecular weight excluding hydrogens is 292 g/mol. The Kier molecular flexibility index (Phi) is 4.87. The average molecular weight is 314 g/mol. The summed E-state index contributed by atoms with van der Waals surface area (Å²) in [6.07, 6.45) is 4.18. The maximum absolute atomic E-state index is 12.5. The fraction of sp³-hybridized carbons (Fsp3) is 0.438. The number of aromatic nitrogens is 3. The summed E-state index contributed by atoms with van der Waals surface area (Å²) in [6.45, 7) is 4.08. The van der Waals surface area contributed by atoms with E-state index in [0.717, 1.165) is 43.9 Å². The van der Waals surface area contributed by atoms with E-state index in [2.05, 4.69) is 27.3 Å². The normalized spacial score (nSPS) is 16.1. The Morgan fingerprint density at radius 1 is 1.22 bits per heavy atom. The highest BCUT2D eigenvalue weighted by Crippen LogP contribution is 2.17. The summed E-state index contributed by atoms with van der Waals surface area (Å²) in [5.74, 6) is 0. The maximum Gasteiger partial charge on any atom is 0.321 e. The summed E-state index contributed by atoms with van der Waals surface area (Å²) in [4.78, 5) is 20.6. The molecule has 1 aliphatic rings. The molecule has 2 aromatic rings. The molecule has 0 unspecified atom stereocenters. The van der Waals surface area contributed by atoms with Gasteiger partial charge in [0, 0.05) is 25.3 Å². The number of hydrogen-bond donors (Lipinski definition) is 1. The van der Waals surface area contributed by atoms with Gasteiger partial charge in [0.25, 0.3) is 0 Å². The van der Waals surface area contributed by atoms with Crippen molar-refractivity contribution in [3.63, 3.8) is 0 Å². The Bertz CT molecular complexity index is 642. The first-order chi connectivity index (χ1) is 11.2. The van der Waals surface area contributed by atoms with Crippen LogP contribution in [0.5, 0.6) is 0 Å². The summed E-state index contributed by atoms with van der Waals surface area (Å²) in [6, 6.07) is 7.77. The molecule has 122 valence electrons. The van der Waals surface area contributed by atoms with Crippen LogP contribution in [0.3, 0.4) is 0 Å². The second-order valence-corrected chi connectivity index (χ2v) is 5.82. The molecule has 23 heavy (non-hydrogen) atoms. The number of nitrogens with zero attached hydrogens (tertiary/aromatic N) is 5. The zero-order chi connectivity index (χ0) is 16.1. The average Bonchev–Trinajstić information content (AvgIpc) is 2.96. The van der Waals surface area contributed by atoms with E-state index in [4.69, 9.17) is 0 Å². The van der Waals surface area contributed by atoms with Crippen molar-refractivity contribution in [2.75, 3.05) is 38.5 Å². The third-order valence-corrected chi connectivity index (χ3v) is 4.06. The van der Waals surface area contributed by atoms with Crippen LogP contribution in [-0.2, 0) is 6.54 Å². The number of hydrogen-bond acceptors (Lipinski definition) is 4. The Morgan fingerprint density at radius 3 is 2.91 bits per heavy atom. The first kappa shape index (κ1) is 15.5. The highest BCUT2D eigenvalue weighted by atomic mass is 16.2. The van der Waals surface area contributed by atoms with E-state index >= 15 is 0 Å². The maximum atomic E-state index is 12.5. The van der Waals surface area contributed by atoms with Crippen LogP contribution in [0.15, 0.2) is 36.9 Å². The van der Waals surface area contributed by atoms with E-state index in [9.17, 15) is 4.79 Å². The molecule has 1 saturated heterocycles. The van der Waals surface area contributed by atoms with Gasteiger partial charge in [-0.15, -0.1) is 0 Å². The lowest BCUT2D eigenvalue weighted by atomic mass is 10.2. The molecule has 1 aliphatic heterocycles. The molecule has 0 aliphatic carbocycles. The largest absolute Gasteiger partial charge is 0.323 e. The van der Waals surface area contributed by atoms with Crippen LogP contribution in [0, 0.1) is 0 Å². The zero-order valence-electron chi connectivity index (χ0n) is 13.4. The van der Waals surface area contributed by atoms with Crippen molar-refractivity contribution < 1.29 is 4.79 Å². The first-order valence-electron chi connectivity index (χ1n) is 7.87. The minimum atomic E-state index is -0.0358. The van der Waals surface area contributed by atoms with Gasteiger partial charge in [-0.05, 0) is 31.6 Å². The van der Waals surface area contributed by atoms with E-state index in [-0.39, 0.29) is 6.03 Å². The molecule has 7 nitrogen and oxygen atoms in total. The zero-order valence-corrected chi connectivity index (χ0v) is 13.4. The molecule has 2 amide bonds. The standard InChI is InChI=1S/C16H22N6O/c1-20-7-4-8-21(10-9-20)16(23)19-15-6-3-2-5-14(15)11-22-13-17-12-18-22/h2-3,5-6,12-13H,4,7-11H2,1H3,(H,19,23). The minimum absolute atomic E-state index is 0.0358. The number of urea groups is 1. The van der Waals surface area contributed by atoms with Gasteiger partial charge in [-0.3, -0.25) is 0 Å². The summed E-state index contributed by atoms with van der Waals surface area (Å²) < 4.78 is 1.74. The predicted molar refractivity (Wildman–Crippen MR) is 88.3 cm³/mol. The number of nitrogens with one attached hydrogen (secondary N) is 1. The van der Waals surface area contributed by atoms with E-state index in [1.165, 1.54) is 6.33 Å². The van der Waals surface area contributed by atoms with Crippen LogP contribution in [0.2, 0.25) is 0 Å². The van der Waals surface area contributed by atoms with Crippen molar-refractivity contribution in [2.45, 2.75) is 13.0 Å². The number of carbonyl (C=O) groups excluding carboxylic acids is 1. The van der Waals surface area contributed by atoms with Gasteiger partial charge >= 0.3 is 6.03 Å². The number of amides is 2. The molecule has 0 spiro atoms. The van der Waals surface area contributed by atoms with Gasteiger partial charge in [-0.1, -0.05) is 18.2 Å². The Morgan fingerprint density at radius 2 is 2.09 bits per heavy atom. The minimum Gasteiger partial charge on any atom is -0.323 e. The van der Waals surface area contributed by atoms with Crippen molar-refractivity contribution in [2.24, 2.45) is 0 Å². The second-order valence-electron chi connectivity index (χ2n) is 5.82. The highest BCUT2D eigenvalue weighted by Gasteiger charge is 2.18. The third kappa shape index (κ3) is 4.07. The van der Waals surface area contributed by atoms with Gasteiger partial charge in [0.2, 0.25) is 0 Å². The molecule has 1 aromatic heterocycles. The SMILES string of the molecule is CN1CCCN(C(=O)Nc2ccccc2Cn2cncn2)CC1. The third-order valence-electron chi connectivity index (χ3n) is 4.06. The molecule has 1 N–H and O–H groups in total. The van der Waals surface area contributed by atoms with Crippen molar-refractivity contribution in [3.05, 3.63) is 42.5 Å². The van der Waals surface area contributed by atoms with Gasteiger partial charge < -0.3 is 15.1 Å². The van der Waals surface area contributed by atoms with E-state index in [0.29, 0.717) is 6.54 Å². The van der Waals surface area contributed by atoms with Crippen molar-refractivity contribution >= 4 is 11.7 Å². The van der Waals surface area contributed by atoms with Crippen LogP contribution in [-0.4, -0.2) is 63.8 Å². The molecule has 7 heteroatoms. The van der Waals surface area contributed by atoms with Gasteiger partial charge in [-0.25, -0.2) is 14.5 Å². The topological polar surface area (TPSA) is 66.3 Å². The lowest BCUT2D eigenvalue weighted by Gasteiger charge is -2.22. The molecular formula is C16H22N6O. The van der Waals surface area contributed by atoms with Gasteiger partial charge in [0.1, 0.15) is 12.7 Å². The molecule has 1 fully saturated rings. The number of benzene rings is 1. The second kappa shape index (κ2) is 7.23. The molecule has 1 aromatic carbocycles. The molecule has 0 bridgehead atoms.